The van der Waals surface area contributed by atoms with Crippen LogP contribution in [-0.2, 0) is 9.47 Å². The zero-order valence-electron chi connectivity index (χ0n) is 37.0. The molecular weight excluding hydrogens is 685 g/mol. The van der Waals surface area contributed by atoms with Crippen LogP contribution >= 0.6 is 0 Å². The van der Waals surface area contributed by atoms with Gasteiger partial charge in [0.25, 0.3) is 0 Å². The summed E-state index contributed by atoms with van der Waals surface area (Å²) in [5, 5.41) is 0. The van der Waals surface area contributed by atoms with Crippen molar-refractivity contribution >= 4 is 27.8 Å². The molecule has 55 heavy (non-hydrogen) atoms. The highest BCUT2D eigenvalue weighted by atomic mass is 16.5. The molecule has 1 unspecified atom stereocenters. The van der Waals surface area contributed by atoms with Crippen molar-refractivity contribution in [2.45, 2.75) is 114 Å². The van der Waals surface area contributed by atoms with Crippen molar-refractivity contribution in [3.63, 3.8) is 0 Å². The van der Waals surface area contributed by atoms with Crippen LogP contribution in [0.4, 0.5) is 5.69 Å². The lowest BCUT2D eigenvalue weighted by atomic mass is 9.93. The van der Waals surface area contributed by atoms with Gasteiger partial charge >= 0.3 is 0 Å². The van der Waals surface area contributed by atoms with Gasteiger partial charge in [0.05, 0.1) is 40.4 Å². The Balaban J connectivity index is 0.00000106. The summed E-state index contributed by atoms with van der Waals surface area (Å²) in [4.78, 5) is 21.0. The first-order chi connectivity index (χ1) is 26.2. The Labute approximate surface area is 333 Å². The SMILES string of the molecule is CC.CC.CCN(C)C.CCN(C)c1ccc2nc(-c3ccc4nc(-c5ccc(OCCC(C)OCCC(C)(C)OCCC(C)(C)C)cc5)[nH]c4c3)[nH]c2c1. The fourth-order valence-corrected chi connectivity index (χ4v) is 5.19. The molecule has 306 valence electrons. The Morgan fingerprint density at radius 3 is 1.78 bits per heavy atom. The van der Waals surface area contributed by atoms with E-state index in [0.717, 1.165) is 89.6 Å². The Hall–Kier alpha value is -3.92. The van der Waals surface area contributed by atoms with Gasteiger partial charge in [-0.2, -0.15) is 0 Å². The van der Waals surface area contributed by atoms with Crippen LogP contribution in [0.5, 0.6) is 5.75 Å². The van der Waals surface area contributed by atoms with E-state index in [-0.39, 0.29) is 17.1 Å². The number of imidazole rings is 2. The number of hydrogen-bond donors (Lipinski definition) is 2. The third-order valence-corrected chi connectivity index (χ3v) is 9.14. The van der Waals surface area contributed by atoms with Gasteiger partial charge in [0, 0.05) is 50.0 Å². The number of benzene rings is 3. The molecule has 5 aromatic rings. The van der Waals surface area contributed by atoms with Gasteiger partial charge in [0.15, 0.2) is 0 Å². The second kappa shape index (κ2) is 23.2. The van der Waals surface area contributed by atoms with Crippen LogP contribution in [0.3, 0.4) is 0 Å². The summed E-state index contributed by atoms with van der Waals surface area (Å²) in [5.74, 6) is 2.50. The topological polar surface area (TPSA) is 91.5 Å². The molecule has 0 saturated heterocycles. The lowest BCUT2D eigenvalue weighted by molar-refractivity contribution is -0.0570. The molecule has 5 rings (SSSR count). The molecule has 3 aromatic carbocycles. The summed E-state index contributed by atoms with van der Waals surface area (Å²) in [5.41, 5.74) is 7.15. The fourth-order valence-electron chi connectivity index (χ4n) is 5.19. The molecule has 0 bridgehead atoms. The second-order valence-corrected chi connectivity index (χ2v) is 15.5. The highest BCUT2D eigenvalue weighted by molar-refractivity contribution is 5.87. The summed E-state index contributed by atoms with van der Waals surface area (Å²) < 4.78 is 18.2. The van der Waals surface area contributed by atoms with Gasteiger partial charge in [-0.05, 0) is 127 Å². The molecule has 0 radical (unpaired) electrons. The van der Waals surface area contributed by atoms with Crippen LogP contribution in [0.15, 0.2) is 60.7 Å². The largest absolute Gasteiger partial charge is 0.493 e. The number of hydrogen-bond acceptors (Lipinski definition) is 7. The van der Waals surface area contributed by atoms with Crippen LogP contribution in [0.25, 0.3) is 44.8 Å². The van der Waals surface area contributed by atoms with E-state index in [2.05, 4.69) is 127 Å². The van der Waals surface area contributed by atoms with Crippen LogP contribution < -0.4 is 9.64 Å². The number of nitrogens with zero attached hydrogens (tertiary/aromatic N) is 4. The minimum absolute atomic E-state index is 0.116. The van der Waals surface area contributed by atoms with Crippen molar-refractivity contribution in [3.05, 3.63) is 60.7 Å². The van der Waals surface area contributed by atoms with E-state index in [1.165, 1.54) is 5.69 Å². The Kier molecular flexibility index (Phi) is 19.9. The fraction of sp³-hybridized carbons (Fsp3) is 0.565. The smallest absolute Gasteiger partial charge is 0.138 e. The van der Waals surface area contributed by atoms with Gasteiger partial charge in [0.2, 0.25) is 0 Å². The Morgan fingerprint density at radius 2 is 1.22 bits per heavy atom. The monoisotopic (exact) mass is 759 g/mol. The molecule has 2 N–H and O–H groups in total. The van der Waals surface area contributed by atoms with Crippen LogP contribution in [-0.4, -0.2) is 90.6 Å². The Morgan fingerprint density at radius 1 is 0.673 bits per heavy atom. The maximum absolute atomic E-state index is 6.11. The summed E-state index contributed by atoms with van der Waals surface area (Å²) in [7, 11) is 6.20. The zero-order valence-corrected chi connectivity index (χ0v) is 37.0. The van der Waals surface area contributed by atoms with Crippen molar-refractivity contribution in [2.24, 2.45) is 5.41 Å². The highest BCUT2D eigenvalue weighted by Crippen LogP contribution is 2.29. The average molecular weight is 759 g/mol. The number of ether oxygens (including phenoxy) is 3. The molecule has 9 heteroatoms. The molecule has 0 aliphatic rings. The van der Waals surface area contributed by atoms with Gasteiger partial charge in [0.1, 0.15) is 17.4 Å². The lowest BCUT2D eigenvalue weighted by Gasteiger charge is -2.28. The lowest BCUT2D eigenvalue weighted by Crippen LogP contribution is -2.29. The van der Waals surface area contributed by atoms with Crippen LogP contribution in [0.1, 0.15) is 102 Å². The predicted molar refractivity (Wildman–Crippen MR) is 237 cm³/mol. The third kappa shape index (κ3) is 16.0. The first kappa shape index (κ1) is 47.2. The van der Waals surface area contributed by atoms with Crippen molar-refractivity contribution < 1.29 is 14.2 Å². The molecule has 0 aliphatic heterocycles. The number of anilines is 1. The molecule has 0 saturated carbocycles. The zero-order chi connectivity index (χ0) is 41.2. The average Bonchev–Trinajstić information content (AvgIpc) is 3.80. The Bertz CT molecular complexity index is 1790. The maximum atomic E-state index is 6.11. The molecular formula is C46H74N6O3. The van der Waals surface area contributed by atoms with Gasteiger partial charge in [-0.25, -0.2) is 9.97 Å². The molecule has 0 spiro atoms. The molecule has 1 atom stereocenters. The first-order valence-electron chi connectivity index (χ1n) is 20.5. The van der Waals surface area contributed by atoms with E-state index < -0.39 is 0 Å². The van der Waals surface area contributed by atoms with E-state index in [4.69, 9.17) is 24.2 Å². The van der Waals surface area contributed by atoms with Gasteiger partial charge in [-0.15, -0.1) is 0 Å². The number of rotatable bonds is 16. The molecule has 0 amide bonds. The second-order valence-electron chi connectivity index (χ2n) is 15.5. The molecule has 0 aliphatic carbocycles. The van der Waals surface area contributed by atoms with Crippen LogP contribution in [0, 0.1) is 5.41 Å². The van der Waals surface area contributed by atoms with Gasteiger partial charge in [-0.1, -0.05) is 55.4 Å². The van der Waals surface area contributed by atoms with Crippen LogP contribution in [0.2, 0.25) is 0 Å². The van der Waals surface area contributed by atoms with E-state index in [9.17, 15) is 0 Å². The quantitative estimate of drug-likeness (QED) is 0.103. The third-order valence-electron chi connectivity index (χ3n) is 9.14. The number of aromatic amines is 2. The van der Waals surface area contributed by atoms with Gasteiger partial charge in [-0.3, -0.25) is 0 Å². The normalized spacial score (nSPS) is 12.0. The summed E-state index contributed by atoms with van der Waals surface area (Å²) in [6, 6.07) is 20.6. The molecule has 0 fully saturated rings. The summed E-state index contributed by atoms with van der Waals surface area (Å²) >= 11 is 0. The van der Waals surface area contributed by atoms with E-state index >= 15 is 0 Å². The molecule has 9 nitrogen and oxygen atoms in total. The number of fused-ring (bicyclic) bond motifs is 2. The van der Waals surface area contributed by atoms with Crippen molar-refractivity contribution in [3.8, 4) is 28.5 Å². The minimum atomic E-state index is -0.184. The first-order valence-corrected chi connectivity index (χ1v) is 20.5. The maximum Gasteiger partial charge on any atom is 0.138 e. The molecule has 2 heterocycles. The van der Waals surface area contributed by atoms with Crippen molar-refractivity contribution in [1.82, 2.24) is 24.8 Å². The standard InChI is InChI=1S/C38H51N5O3.C4H11N.2C2H6/c1-9-43(8)29-13-17-32-34(25-29)42-36(40-32)28-12-16-31-33(24-28)41-35(39-31)27-10-14-30(15-11-27)45-21-18-26(2)44-22-20-38(6,7)46-23-19-37(3,4)5;1-4-5(2)3;2*1-2/h10-17,24-26H,9,18-23H2,1-8H3,(H,39,41)(H,40,42);4H2,1-3H3;2*1-2H3. The van der Waals surface area contributed by atoms with E-state index in [1.54, 1.807) is 0 Å². The van der Waals surface area contributed by atoms with Crippen molar-refractivity contribution in [1.29, 1.82) is 0 Å². The number of aromatic nitrogens is 4. The van der Waals surface area contributed by atoms with Crippen molar-refractivity contribution in [2.75, 3.05) is 59.0 Å². The summed E-state index contributed by atoms with van der Waals surface area (Å²) in [6.07, 6.45) is 2.85. The summed E-state index contributed by atoms with van der Waals surface area (Å²) in [6.45, 7) is 29.5. The number of nitrogens with one attached hydrogen (secondary N) is 2. The van der Waals surface area contributed by atoms with E-state index in [1.807, 2.05) is 58.0 Å². The molecule has 2 aromatic heterocycles. The highest BCUT2D eigenvalue weighted by Gasteiger charge is 2.20. The number of H-pyrrole nitrogens is 2. The predicted octanol–water partition coefficient (Wildman–Crippen LogP) is 11.6. The van der Waals surface area contributed by atoms with E-state index in [0.29, 0.717) is 13.2 Å². The van der Waals surface area contributed by atoms with Gasteiger partial charge < -0.3 is 34.0 Å². The minimum Gasteiger partial charge on any atom is -0.493 e.